The predicted octanol–water partition coefficient (Wildman–Crippen LogP) is 3.13. The number of hydrogen-bond acceptors (Lipinski definition) is 3. The molecule has 27 heavy (non-hydrogen) atoms. The van der Waals surface area contributed by atoms with Crippen LogP contribution in [0.15, 0.2) is 18.3 Å². The van der Waals surface area contributed by atoms with Gasteiger partial charge in [0.05, 0.1) is 5.02 Å². The highest BCUT2D eigenvalue weighted by molar-refractivity contribution is 6.30. The quantitative estimate of drug-likeness (QED) is 0.806. The van der Waals surface area contributed by atoms with E-state index >= 15 is 0 Å². The molecular formula is C19H22ClFN4O2. The summed E-state index contributed by atoms with van der Waals surface area (Å²) in [5, 5.41) is 0.355. The fraction of sp³-hybridized carbons (Fsp3) is 0.526. The maximum atomic E-state index is 14.9. The van der Waals surface area contributed by atoms with Crippen molar-refractivity contribution >= 4 is 29.1 Å². The maximum Gasteiger partial charge on any atom is 0.278 e. The first kappa shape index (κ1) is 18.2. The Kier molecular flexibility index (Phi) is 4.58. The summed E-state index contributed by atoms with van der Waals surface area (Å²) < 4.78 is 16.0. The van der Waals surface area contributed by atoms with Crippen LogP contribution in [0, 0.1) is 5.95 Å². The molecule has 2 aliphatic rings. The van der Waals surface area contributed by atoms with Crippen LogP contribution in [-0.4, -0.2) is 56.2 Å². The van der Waals surface area contributed by atoms with Crippen LogP contribution in [0.2, 0.25) is 5.02 Å². The topological polar surface area (TPSA) is 57.9 Å². The molecule has 4 heterocycles. The Balaban J connectivity index is 1.71. The third-order valence-corrected chi connectivity index (χ3v) is 5.88. The number of halogens is 2. The molecule has 2 aliphatic heterocycles. The highest BCUT2D eigenvalue weighted by atomic mass is 35.5. The Morgan fingerprint density at radius 3 is 2.78 bits per heavy atom. The third kappa shape index (κ3) is 2.79. The molecule has 1 spiro atoms. The summed E-state index contributed by atoms with van der Waals surface area (Å²) in [6, 6.07) is 3.17. The number of imidazole rings is 1. The van der Waals surface area contributed by atoms with Gasteiger partial charge in [-0.1, -0.05) is 18.5 Å². The minimum absolute atomic E-state index is 0.00586. The number of nitrogens with zero attached hydrogens (tertiary/aromatic N) is 4. The van der Waals surface area contributed by atoms with E-state index in [1.54, 1.807) is 17.0 Å². The molecule has 0 radical (unpaired) electrons. The van der Waals surface area contributed by atoms with Crippen molar-refractivity contribution in [3.05, 3.63) is 35.0 Å². The molecule has 2 amide bonds. The number of rotatable bonds is 3. The lowest BCUT2D eigenvalue weighted by molar-refractivity contribution is -0.145. The van der Waals surface area contributed by atoms with Crippen molar-refractivity contribution in [1.29, 1.82) is 0 Å². The summed E-state index contributed by atoms with van der Waals surface area (Å²) >= 11 is 5.93. The van der Waals surface area contributed by atoms with Gasteiger partial charge in [0.2, 0.25) is 11.9 Å². The number of amides is 2. The molecule has 0 N–H and O–H groups in total. The van der Waals surface area contributed by atoms with Crippen LogP contribution < -0.4 is 0 Å². The molecule has 0 bridgehead atoms. The van der Waals surface area contributed by atoms with Crippen molar-refractivity contribution in [2.24, 2.45) is 0 Å². The molecule has 6 nitrogen and oxygen atoms in total. The summed E-state index contributed by atoms with van der Waals surface area (Å²) in [6.07, 6.45) is 5.09. The van der Waals surface area contributed by atoms with Crippen LogP contribution in [0.5, 0.6) is 0 Å². The minimum Gasteiger partial charge on any atom is -0.341 e. The Morgan fingerprint density at radius 2 is 2.04 bits per heavy atom. The number of carbonyl (C=O) groups is 2. The van der Waals surface area contributed by atoms with Crippen LogP contribution in [0.3, 0.4) is 0 Å². The molecule has 2 fully saturated rings. The van der Waals surface area contributed by atoms with Crippen LogP contribution in [0.25, 0.3) is 5.65 Å². The number of fused-ring (bicyclic) bond motifs is 1. The number of piperidine rings is 1. The van der Waals surface area contributed by atoms with Gasteiger partial charge in [-0.2, -0.15) is 4.39 Å². The van der Waals surface area contributed by atoms with Crippen LogP contribution in [-0.2, 0) is 4.79 Å². The molecule has 2 aromatic heterocycles. The molecule has 8 heteroatoms. The van der Waals surface area contributed by atoms with Gasteiger partial charge in [-0.05, 0) is 44.2 Å². The second-order valence-electron chi connectivity index (χ2n) is 7.31. The largest absolute Gasteiger partial charge is 0.341 e. The predicted molar refractivity (Wildman–Crippen MR) is 99.3 cm³/mol. The van der Waals surface area contributed by atoms with Crippen LogP contribution >= 0.6 is 11.6 Å². The van der Waals surface area contributed by atoms with Gasteiger partial charge >= 0.3 is 0 Å². The molecule has 144 valence electrons. The molecule has 0 aromatic carbocycles. The lowest BCUT2D eigenvalue weighted by Gasteiger charge is -2.44. The monoisotopic (exact) mass is 392 g/mol. The first-order valence-electron chi connectivity index (χ1n) is 9.42. The standard InChI is InChI=1S/C19H22ClFN4O2/c1-2-9-23-10-3-7-19(18(23)27)8-4-11-25(19)17(26)15-16(21)24-12-13(20)5-6-14(24)22-15/h5-6,12H,2-4,7-11H2,1H3. The summed E-state index contributed by atoms with van der Waals surface area (Å²) in [5.74, 6) is -1.27. The molecule has 2 aromatic rings. The third-order valence-electron chi connectivity index (χ3n) is 5.66. The van der Waals surface area contributed by atoms with Gasteiger partial charge < -0.3 is 9.80 Å². The van der Waals surface area contributed by atoms with Crippen molar-refractivity contribution < 1.29 is 14.0 Å². The normalized spacial score (nSPS) is 23.0. The molecule has 0 aliphatic carbocycles. The average molecular weight is 393 g/mol. The van der Waals surface area contributed by atoms with Crippen molar-refractivity contribution in [2.45, 2.75) is 44.6 Å². The highest BCUT2D eigenvalue weighted by Crippen LogP contribution is 2.39. The lowest BCUT2D eigenvalue weighted by Crippen LogP contribution is -2.61. The van der Waals surface area contributed by atoms with E-state index < -0.39 is 17.4 Å². The van der Waals surface area contributed by atoms with E-state index in [1.165, 1.54) is 10.6 Å². The van der Waals surface area contributed by atoms with Gasteiger partial charge in [-0.3, -0.25) is 14.0 Å². The highest BCUT2D eigenvalue weighted by Gasteiger charge is 2.53. The fourth-order valence-corrected chi connectivity index (χ4v) is 4.62. The zero-order valence-electron chi connectivity index (χ0n) is 15.3. The number of aromatic nitrogens is 2. The van der Waals surface area contributed by atoms with Crippen molar-refractivity contribution in [2.75, 3.05) is 19.6 Å². The fourth-order valence-electron chi connectivity index (χ4n) is 4.46. The molecule has 1 unspecified atom stereocenters. The summed E-state index contributed by atoms with van der Waals surface area (Å²) in [4.78, 5) is 34.0. The molecular weight excluding hydrogens is 371 g/mol. The van der Waals surface area contributed by atoms with Gasteiger partial charge in [-0.25, -0.2) is 4.98 Å². The van der Waals surface area contributed by atoms with Gasteiger partial charge in [0.25, 0.3) is 5.91 Å². The first-order chi connectivity index (χ1) is 13.0. The van der Waals surface area contributed by atoms with Gasteiger partial charge in [0.15, 0.2) is 5.69 Å². The lowest BCUT2D eigenvalue weighted by atomic mass is 9.85. The average Bonchev–Trinajstić information content (AvgIpc) is 3.21. The van der Waals surface area contributed by atoms with Crippen LogP contribution in [0.4, 0.5) is 4.39 Å². The van der Waals surface area contributed by atoms with Crippen molar-refractivity contribution in [1.82, 2.24) is 19.2 Å². The SMILES string of the molecule is CCCN1CCCC2(CCCN2C(=O)c2nc3ccc(Cl)cn3c2F)C1=O. The Morgan fingerprint density at radius 1 is 1.30 bits per heavy atom. The number of carbonyl (C=O) groups excluding carboxylic acids is 2. The number of pyridine rings is 1. The van der Waals surface area contributed by atoms with E-state index in [0.29, 0.717) is 36.6 Å². The van der Waals surface area contributed by atoms with E-state index in [4.69, 9.17) is 11.6 Å². The zero-order valence-corrected chi connectivity index (χ0v) is 16.0. The second-order valence-corrected chi connectivity index (χ2v) is 7.75. The summed E-state index contributed by atoms with van der Waals surface area (Å²) in [6.45, 7) is 3.88. The van der Waals surface area contributed by atoms with Crippen LogP contribution in [0.1, 0.15) is 49.5 Å². The number of likely N-dealkylation sites (tertiary alicyclic amines) is 2. The van der Waals surface area contributed by atoms with Gasteiger partial charge in [0, 0.05) is 25.8 Å². The second kappa shape index (κ2) is 6.78. The van der Waals surface area contributed by atoms with E-state index in [1.807, 2.05) is 11.8 Å². The molecule has 0 saturated carbocycles. The first-order valence-corrected chi connectivity index (χ1v) is 9.80. The van der Waals surface area contributed by atoms with E-state index in [9.17, 15) is 14.0 Å². The van der Waals surface area contributed by atoms with E-state index in [2.05, 4.69) is 4.98 Å². The summed E-state index contributed by atoms with van der Waals surface area (Å²) in [7, 11) is 0. The van der Waals surface area contributed by atoms with Gasteiger partial charge in [-0.15, -0.1) is 0 Å². The van der Waals surface area contributed by atoms with Crippen molar-refractivity contribution in [3.63, 3.8) is 0 Å². The molecule has 2 saturated heterocycles. The number of hydrogen-bond donors (Lipinski definition) is 0. The maximum absolute atomic E-state index is 14.9. The summed E-state index contributed by atoms with van der Waals surface area (Å²) in [5.41, 5.74) is -0.792. The Hall–Kier alpha value is -2.15. The van der Waals surface area contributed by atoms with E-state index in [-0.39, 0.29) is 11.6 Å². The van der Waals surface area contributed by atoms with E-state index in [0.717, 1.165) is 25.8 Å². The van der Waals surface area contributed by atoms with Crippen molar-refractivity contribution in [3.8, 4) is 0 Å². The zero-order chi connectivity index (χ0) is 19.2. The Bertz CT molecular complexity index is 912. The Labute approximate surface area is 161 Å². The smallest absolute Gasteiger partial charge is 0.278 e. The molecule has 1 atom stereocenters. The minimum atomic E-state index is -0.857. The van der Waals surface area contributed by atoms with Gasteiger partial charge in [0.1, 0.15) is 11.2 Å². The molecule has 4 rings (SSSR count).